The summed E-state index contributed by atoms with van der Waals surface area (Å²) in [7, 11) is 0. The van der Waals surface area contributed by atoms with Crippen molar-refractivity contribution in [3.8, 4) is 0 Å². The first-order valence-electron chi connectivity index (χ1n) is 8.94. The van der Waals surface area contributed by atoms with Crippen LogP contribution >= 0.6 is 0 Å². The predicted molar refractivity (Wildman–Crippen MR) is 99.8 cm³/mol. The molecule has 0 bridgehead atoms. The maximum Gasteiger partial charge on any atom is 0.229 e. The molecule has 5 rings (SSSR count). The van der Waals surface area contributed by atoms with Crippen LogP contribution in [0.1, 0.15) is 29.9 Å². The molecule has 0 spiro atoms. The number of hydrogen-bond donors (Lipinski definition) is 1. The van der Waals surface area contributed by atoms with Gasteiger partial charge in [0.05, 0.1) is 12.5 Å². The average molecular weight is 345 g/mol. The monoisotopic (exact) mass is 345 g/mol. The zero-order valence-electron chi connectivity index (χ0n) is 14.5. The van der Waals surface area contributed by atoms with E-state index in [1.54, 1.807) is 0 Å². The number of nitrogens with one attached hydrogen (secondary N) is 1. The third kappa shape index (κ3) is 2.24. The van der Waals surface area contributed by atoms with Gasteiger partial charge in [0.25, 0.3) is 0 Å². The van der Waals surface area contributed by atoms with Crippen LogP contribution in [-0.4, -0.2) is 27.5 Å². The molecular weight excluding hydrogens is 326 g/mol. The van der Waals surface area contributed by atoms with Gasteiger partial charge in [-0.15, -0.1) is 0 Å². The van der Waals surface area contributed by atoms with Crippen LogP contribution < -0.4 is 0 Å². The van der Waals surface area contributed by atoms with Gasteiger partial charge >= 0.3 is 0 Å². The highest BCUT2D eigenvalue weighted by Gasteiger charge is 2.30. The Morgan fingerprint density at radius 2 is 1.96 bits per heavy atom. The van der Waals surface area contributed by atoms with E-state index >= 15 is 0 Å². The molecule has 1 N–H and O–H groups in total. The van der Waals surface area contributed by atoms with E-state index in [1.165, 1.54) is 10.9 Å². The number of hydrogen-bond acceptors (Lipinski definition) is 3. The van der Waals surface area contributed by atoms with Crippen molar-refractivity contribution in [3.05, 3.63) is 65.5 Å². The molecule has 0 saturated heterocycles. The van der Waals surface area contributed by atoms with Crippen LogP contribution in [-0.2, 0) is 17.6 Å². The van der Waals surface area contributed by atoms with Crippen molar-refractivity contribution in [1.82, 2.24) is 15.0 Å². The molecular formula is C21H19N3O2. The number of rotatable bonds is 2. The second-order valence-corrected chi connectivity index (χ2v) is 6.88. The Hall–Kier alpha value is -3.08. The molecule has 1 amide bonds. The zero-order chi connectivity index (χ0) is 17.7. The van der Waals surface area contributed by atoms with Crippen LogP contribution in [0.4, 0.5) is 0 Å². The van der Waals surface area contributed by atoms with Crippen molar-refractivity contribution < 1.29 is 9.32 Å². The van der Waals surface area contributed by atoms with Gasteiger partial charge in [-0.05, 0) is 37.1 Å². The van der Waals surface area contributed by atoms with Gasteiger partial charge in [0.15, 0.2) is 5.58 Å². The summed E-state index contributed by atoms with van der Waals surface area (Å²) in [4.78, 5) is 18.4. The molecule has 2 aromatic heterocycles. The molecule has 2 aromatic carbocycles. The van der Waals surface area contributed by atoms with E-state index in [0.29, 0.717) is 5.69 Å². The SMILES string of the molecule is C[C@@H]1c2[nH]c3ccccc3c2CCN1C(=O)Cc1noc2ccccc12. The van der Waals surface area contributed by atoms with E-state index in [9.17, 15) is 4.79 Å². The highest BCUT2D eigenvalue weighted by atomic mass is 16.5. The molecule has 5 nitrogen and oxygen atoms in total. The number of fused-ring (bicyclic) bond motifs is 4. The van der Waals surface area contributed by atoms with E-state index in [-0.39, 0.29) is 18.4 Å². The Morgan fingerprint density at radius 3 is 2.85 bits per heavy atom. The largest absolute Gasteiger partial charge is 0.356 e. The van der Waals surface area contributed by atoms with Crippen molar-refractivity contribution in [2.24, 2.45) is 0 Å². The first kappa shape index (κ1) is 15.2. The fourth-order valence-electron chi connectivity index (χ4n) is 4.08. The zero-order valence-corrected chi connectivity index (χ0v) is 14.5. The van der Waals surface area contributed by atoms with E-state index in [2.05, 4.69) is 35.3 Å². The quantitative estimate of drug-likeness (QED) is 0.597. The number of nitrogens with zero attached hydrogens (tertiary/aromatic N) is 2. The number of amides is 1. The number of carbonyl (C=O) groups excluding carboxylic acids is 1. The van der Waals surface area contributed by atoms with E-state index < -0.39 is 0 Å². The smallest absolute Gasteiger partial charge is 0.229 e. The van der Waals surface area contributed by atoms with E-state index in [1.807, 2.05) is 35.2 Å². The fraction of sp³-hybridized carbons (Fsp3) is 0.238. The molecule has 1 atom stereocenters. The van der Waals surface area contributed by atoms with Gasteiger partial charge in [-0.3, -0.25) is 4.79 Å². The lowest BCUT2D eigenvalue weighted by Gasteiger charge is -2.33. The van der Waals surface area contributed by atoms with Gasteiger partial charge in [-0.25, -0.2) is 0 Å². The van der Waals surface area contributed by atoms with Crippen LogP contribution in [0.3, 0.4) is 0 Å². The predicted octanol–water partition coefficient (Wildman–Crippen LogP) is 4.00. The van der Waals surface area contributed by atoms with Crippen LogP contribution in [0.25, 0.3) is 21.9 Å². The lowest BCUT2D eigenvalue weighted by atomic mass is 9.97. The highest BCUT2D eigenvalue weighted by Crippen LogP contribution is 2.34. The maximum absolute atomic E-state index is 13.0. The number of H-pyrrole nitrogens is 1. The molecule has 0 saturated carbocycles. The molecule has 0 radical (unpaired) electrons. The molecule has 3 heterocycles. The minimum absolute atomic E-state index is 0.0248. The molecule has 4 aromatic rings. The van der Waals surface area contributed by atoms with Crippen LogP contribution in [0.15, 0.2) is 53.1 Å². The lowest BCUT2D eigenvalue weighted by molar-refractivity contribution is -0.133. The minimum Gasteiger partial charge on any atom is -0.356 e. The third-order valence-electron chi connectivity index (χ3n) is 5.43. The van der Waals surface area contributed by atoms with Gasteiger partial charge in [-0.1, -0.05) is 35.5 Å². The van der Waals surface area contributed by atoms with Gasteiger partial charge < -0.3 is 14.4 Å². The molecule has 0 fully saturated rings. The minimum atomic E-state index is 0.0248. The van der Waals surface area contributed by atoms with Gasteiger partial charge in [0, 0.05) is 28.5 Å². The molecule has 1 aliphatic heterocycles. The second kappa shape index (κ2) is 5.73. The molecule has 1 aliphatic rings. The highest BCUT2D eigenvalue weighted by molar-refractivity contribution is 5.88. The summed E-state index contributed by atoms with van der Waals surface area (Å²) in [6, 6.07) is 16.0. The van der Waals surface area contributed by atoms with Crippen LogP contribution in [0.5, 0.6) is 0 Å². The van der Waals surface area contributed by atoms with Gasteiger partial charge in [0.1, 0.15) is 5.69 Å². The standard InChI is InChI=1S/C21H19N3O2/c1-13-21-15(14-6-2-4-8-17(14)22-21)10-11-24(13)20(25)12-18-16-7-3-5-9-19(16)26-23-18/h2-9,13,22H,10-12H2,1H3/t13-/m1/s1. The normalized spacial score (nSPS) is 17.0. The van der Waals surface area contributed by atoms with Crippen LogP contribution in [0.2, 0.25) is 0 Å². The molecule has 130 valence electrons. The summed E-state index contributed by atoms with van der Waals surface area (Å²) in [5.41, 5.74) is 5.06. The molecule has 5 heteroatoms. The molecule has 26 heavy (non-hydrogen) atoms. The van der Waals surface area contributed by atoms with Crippen molar-refractivity contribution in [3.63, 3.8) is 0 Å². The van der Waals surface area contributed by atoms with Crippen LogP contribution in [0, 0.1) is 0 Å². The Balaban J connectivity index is 1.44. The number of carbonyl (C=O) groups is 1. The number of aromatic amines is 1. The number of aromatic nitrogens is 2. The third-order valence-corrected chi connectivity index (χ3v) is 5.43. The summed E-state index contributed by atoms with van der Waals surface area (Å²) in [5.74, 6) is 0.0841. The van der Waals surface area contributed by atoms with E-state index in [0.717, 1.165) is 35.1 Å². The summed E-state index contributed by atoms with van der Waals surface area (Å²) in [6.07, 6.45) is 1.13. The topological polar surface area (TPSA) is 62.1 Å². The fourth-order valence-corrected chi connectivity index (χ4v) is 4.08. The Labute approximate surface area is 150 Å². The van der Waals surface area contributed by atoms with Crippen molar-refractivity contribution in [2.75, 3.05) is 6.54 Å². The van der Waals surface area contributed by atoms with Crippen molar-refractivity contribution in [2.45, 2.75) is 25.8 Å². The number of para-hydroxylation sites is 2. The number of benzene rings is 2. The van der Waals surface area contributed by atoms with Gasteiger partial charge in [0.2, 0.25) is 5.91 Å². The van der Waals surface area contributed by atoms with E-state index in [4.69, 9.17) is 4.52 Å². The summed E-state index contributed by atoms with van der Waals surface area (Å²) in [5, 5.41) is 6.29. The Kier molecular flexibility index (Phi) is 3.35. The van der Waals surface area contributed by atoms with Crippen molar-refractivity contribution >= 4 is 27.8 Å². The Morgan fingerprint density at radius 1 is 1.19 bits per heavy atom. The lowest BCUT2D eigenvalue weighted by Crippen LogP contribution is -2.39. The van der Waals surface area contributed by atoms with Gasteiger partial charge in [-0.2, -0.15) is 0 Å². The first-order valence-corrected chi connectivity index (χ1v) is 8.94. The second-order valence-electron chi connectivity index (χ2n) is 6.88. The summed E-state index contributed by atoms with van der Waals surface area (Å²) < 4.78 is 5.33. The molecule has 0 aliphatic carbocycles. The Bertz CT molecular complexity index is 1120. The summed E-state index contributed by atoms with van der Waals surface area (Å²) in [6.45, 7) is 2.82. The summed E-state index contributed by atoms with van der Waals surface area (Å²) >= 11 is 0. The maximum atomic E-state index is 13.0. The first-order chi connectivity index (χ1) is 12.7. The van der Waals surface area contributed by atoms with Crippen molar-refractivity contribution in [1.29, 1.82) is 0 Å². The average Bonchev–Trinajstić information content (AvgIpc) is 3.24. The molecule has 0 unspecified atom stereocenters.